The molecule has 0 saturated carbocycles. The molecule has 0 unspecified atom stereocenters. The average Bonchev–Trinajstić information content (AvgIpc) is 3.16. The Balaban J connectivity index is 1.53. The molecular weight excluding hydrogens is 474 g/mol. The van der Waals surface area contributed by atoms with Gasteiger partial charge in [0.05, 0.1) is 12.8 Å². The van der Waals surface area contributed by atoms with Gasteiger partial charge in [0, 0.05) is 33.3 Å². The quantitative estimate of drug-likeness (QED) is 0.482. The van der Waals surface area contributed by atoms with Crippen LogP contribution < -0.4 is 15.5 Å². The molecule has 0 bridgehead atoms. The van der Waals surface area contributed by atoms with Gasteiger partial charge in [0.1, 0.15) is 11.5 Å². The number of ether oxygens (including phenoxy) is 1. The van der Waals surface area contributed by atoms with E-state index in [1.807, 2.05) is 31.2 Å². The van der Waals surface area contributed by atoms with Gasteiger partial charge < -0.3 is 14.5 Å². The number of nitrogens with one attached hydrogen (secondary N) is 2. The number of carbonyl (C=O) groups is 2. The smallest absolute Gasteiger partial charge is 0.291 e. The highest BCUT2D eigenvalue weighted by Crippen LogP contribution is 2.30. The molecule has 0 atom stereocenters. The first kappa shape index (κ1) is 21.8. The lowest BCUT2D eigenvalue weighted by Gasteiger charge is -2.13. The van der Waals surface area contributed by atoms with Gasteiger partial charge in [-0.05, 0) is 68.3 Å². The van der Waals surface area contributed by atoms with Crippen LogP contribution in [-0.4, -0.2) is 24.6 Å². The second kappa shape index (κ2) is 9.40. The van der Waals surface area contributed by atoms with Crippen LogP contribution in [0.1, 0.15) is 50.6 Å². The summed E-state index contributed by atoms with van der Waals surface area (Å²) in [6.45, 7) is 1.84. The van der Waals surface area contributed by atoms with E-state index in [-0.39, 0.29) is 17.6 Å². The fourth-order valence-electron chi connectivity index (χ4n) is 3.64. The lowest BCUT2D eigenvalue weighted by molar-refractivity contribution is 0.0953. The van der Waals surface area contributed by atoms with Gasteiger partial charge in [-0.3, -0.25) is 9.59 Å². The van der Waals surface area contributed by atoms with Crippen LogP contribution >= 0.6 is 15.9 Å². The molecule has 0 saturated heterocycles. The van der Waals surface area contributed by atoms with E-state index in [0.717, 1.165) is 16.5 Å². The molecule has 0 aliphatic heterocycles. The van der Waals surface area contributed by atoms with Crippen molar-refractivity contribution in [3.8, 4) is 5.75 Å². The van der Waals surface area contributed by atoms with Crippen molar-refractivity contribution >= 4 is 39.1 Å². The van der Waals surface area contributed by atoms with Crippen LogP contribution in [0.5, 0.6) is 5.75 Å². The maximum Gasteiger partial charge on any atom is 0.291 e. The first-order valence-electron chi connectivity index (χ1n) is 10.2. The highest BCUT2D eigenvalue weighted by molar-refractivity contribution is 9.10. The number of fused-ring (bicyclic) bond motifs is 1. The van der Waals surface area contributed by atoms with E-state index in [0.29, 0.717) is 46.9 Å². The minimum Gasteiger partial charge on any atom is -0.497 e. The molecule has 7 nitrogen and oxygen atoms in total. The SMILES string of the molecule is COc1ccc(C(=O)N/N=C2\CCCc3oc(C(=O)Nc4ccc(Br)cc4)c(C)c32)cc1. The first-order valence-corrected chi connectivity index (χ1v) is 11.0. The third-order valence-electron chi connectivity index (χ3n) is 5.28. The fourth-order valence-corrected chi connectivity index (χ4v) is 3.91. The van der Waals surface area contributed by atoms with Gasteiger partial charge in [0.25, 0.3) is 11.8 Å². The van der Waals surface area contributed by atoms with E-state index in [1.54, 1.807) is 31.4 Å². The predicted octanol–water partition coefficient (Wildman–Crippen LogP) is 5.08. The van der Waals surface area contributed by atoms with Crippen LogP contribution in [0.25, 0.3) is 0 Å². The van der Waals surface area contributed by atoms with Gasteiger partial charge in [-0.15, -0.1) is 0 Å². The van der Waals surface area contributed by atoms with Crippen LogP contribution in [0, 0.1) is 6.92 Å². The lowest BCUT2D eigenvalue weighted by Crippen LogP contribution is -2.22. The van der Waals surface area contributed by atoms with Crippen molar-refractivity contribution in [1.29, 1.82) is 0 Å². The summed E-state index contributed by atoms with van der Waals surface area (Å²) in [6, 6.07) is 14.1. The van der Waals surface area contributed by atoms with Crippen molar-refractivity contribution in [3.63, 3.8) is 0 Å². The molecular formula is C24H22BrN3O4. The highest BCUT2D eigenvalue weighted by Gasteiger charge is 2.28. The van der Waals surface area contributed by atoms with Crippen molar-refractivity contribution < 1.29 is 18.7 Å². The number of carbonyl (C=O) groups excluding carboxylic acids is 2. The number of methoxy groups -OCH3 is 1. The van der Waals surface area contributed by atoms with Crippen LogP contribution in [0.15, 0.2) is 62.5 Å². The largest absolute Gasteiger partial charge is 0.497 e. The van der Waals surface area contributed by atoms with Gasteiger partial charge >= 0.3 is 0 Å². The number of anilines is 1. The lowest BCUT2D eigenvalue weighted by atomic mass is 9.93. The zero-order valence-corrected chi connectivity index (χ0v) is 19.3. The van der Waals surface area contributed by atoms with E-state index in [1.165, 1.54) is 0 Å². The number of furan rings is 1. The highest BCUT2D eigenvalue weighted by atomic mass is 79.9. The summed E-state index contributed by atoms with van der Waals surface area (Å²) in [4.78, 5) is 25.3. The summed E-state index contributed by atoms with van der Waals surface area (Å²) < 4.78 is 12.0. The van der Waals surface area contributed by atoms with Crippen molar-refractivity contribution in [3.05, 3.63) is 81.2 Å². The Morgan fingerprint density at radius 2 is 1.75 bits per heavy atom. The predicted molar refractivity (Wildman–Crippen MR) is 125 cm³/mol. The molecule has 2 amide bonds. The Morgan fingerprint density at radius 3 is 2.44 bits per heavy atom. The molecule has 3 aromatic rings. The number of amides is 2. The maximum atomic E-state index is 12.8. The van der Waals surface area contributed by atoms with E-state index in [4.69, 9.17) is 9.15 Å². The number of halogens is 1. The molecule has 2 N–H and O–H groups in total. The molecule has 1 heterocycles. The van der Waals surface area contributed by atoms with Crippen molar-refractivity contribution in [2.24, 2.45) is 5.10 Å². The summed E-state index contributed by atoms with van der Waals surface area (Å²) in [5.74, 6) is 1.01. The molecule has 164 valence electrons. The third kappa shape index (κ3) is 4.60. The minimum absolute atomic E-state index is 0.258. The summed E-state index contributed by atoms with van der Waals surface area (Å²) in [5.41, 5.74) is 5.99. The van der Waals surface area contributed by atoms with E-state index < -0.39 is 0 Å². The van der Waals surface area contributed by atoms with Crippen LogP contribution in [0.3, 0.4) is 0 Å². The van der Waals surface area contributed by atoms with E-state index in [2.05, 4.69) is 31.8 Å². The Morgan fingerprint density at radius 1 is 1.03 bits per heavy atom. The first-order chi connectivity index (χ1) is 15.5. The van der Waals surface area contributed by atoms with Gasteiger partial charge in [-0.2, -0.15) is 5.10 Å². The number of nitrogens with zero attached hydrogens (tertiary/aromatic N) is 1. The number of hydrazone groups is 1. The summed E-state index contributed by atoms with van der Waals surface area (Å²) in [5, 5.41) is 7.22. The van der Waals surface area contributed by atoms with Gasteiger partial charge in [0.15, 0.2) is 5.76 Å². The molecule has 1 aliphatic carbocycles. The molecule has 0 fully saturated rings. The van der Waals surface area contributed by atoms with E-state index >= 15 is 0 Å². The van der Waals surface area contributed by atoms with Crippen molar-refractivity contribution in [2.75, 3.05) is 12.4 Å². The second-order valence-electron chi connectivity index (χ2n) is 7.40. The molecule has 0 radical (unpaired) electrons. The van der Waals surface area contributed by atoms with Crippen LogP contribution in [-0.2, 0) is 6.42 Å². The summed E-state index contributed by atoms with van der Waals surface area (Å²) >= 11 is 3.38. The zero-order chi connectivity index (χ0) is 22.7. The summed E-state index contributed by atoms with van der Waals surface area (Å²) in [7, 11) is 1.57. The molecule has 1 aromatic heterocycles. The molecule has 0 spiro atoms. The topological polar surface area (TPSA) is 92.9 Å². The zero-order valence-electron chi connectivity index (χ0n) is 17.7. The van der Waals surface area contributed by atoms with Crippen molar-refractivity contribution in [1.82, 2.24) is 5.43 Å². The van der Waals surface area contributed by atoms with Gasteiger partial charge in [-0.1, -0.05) is 15.9 Å². The number of hydrogen-bond donors (Lipinski definition) is 2. The molecule has 32 heavy (non-hydrogen) atoms. The second-order valence-corrected chi connectivity index (χ2v) is 8.31. The monoisotopic (exact) mass is 495 g/mol. The molecule has 8 heteroatoms. The summed E-state index contributed by atoms with van der Waals surface area (Å²) in [6.07, 6.45) is 2.22. The Kier molecular flexibility index (Phi) is 6.41. The normalized spacial score (nSPS) is 14.0. The Bertz CT molecular complexity index is 1180. The third-order valence-corrected chi connectivity index (χ3v) is 5.81. The van der Waals surface area contributed by atoms with Gasteiger partial charge in [-0.25, -0.2) is 5.43 Å². The standard InChI is InChI=1S/C24H22BrN3O4/c1-14-21-19(27-28-23(29)15-6-12-18(31-2)13-7-15)4-3-5-20(21)32-22(14)24(30)26-17-10-8-16(25)9-11-17/h6-13H,3-5H2,1-2H3,(H,26,30)(H,28,29)/b27-19+. The molecule has 4 rings (SSSR count). The number of benzene rings is 2. The maximum absolute atomic E-state index is 12.8. The Labute approximate surface area is 194 Å². The molecule has 1 aliphatic rings. The number of aryl methyl sites for hydroxylation is 1. The van der Waals surface area contributed by atoms with Crippen LogP contribution in [0.2, 0.25) is 0 Å². The minimum atomic E-state index is -0.319. The number of hydrogen-bond acceptors (Lipinski definition) is 5. The van der Waals surface area contributed by atoms with Crippen molar-refractivity contribution in [2.45, 2.75) is 26.2 Å². The average molecular weight is 496 g/mol. The van der Waals surface area contributed by atoms with Crippen LogP contribution in [0.4, 0.5) is 5.69 Å². The molecule has 2 aromatic carbocycles. The Hall–Kier alpha value is -3.39. The van der Waals surface area contributed by atoms with Gasteiger partial charge in [0.2, 0.25) is 0 Å². The fraction of sp³-hybridized carbons (Fsp3) is 0.208. The number of rotatable bonds is 5. The van der Waals surface area contributed by atoms with E-state index in [9.17, 15) is 9.59 Å².